The molecular weight excluding hydrogens is 380 g/mol. The van der Waals surface area contributed by atoms with Crippen LogP contribution in [0.25, 0.3) is 5.70 Å². The molecule has 146 valence electrons. The van der Waals surface area contributed by atoms with E-state index < -0.39 is 0 Å². The second-order valence-electron chi connectivity index (χ2n) is 6.88. The maximum Gasteiger partial charge on any atom is 0.267 e. The molecular formula is C23H22N4OS. The van der Waals surface area contributed by atoms with E-state index in [0.717, 1.165) is 34.9 Å². The molecule has 1 fully saturated rings. The third-order valence-electron chi connectivity index (χ3n) is 5.02. The van der Waals surface area contributed by atoms with Gasteiger partial charge in [-0.1, -0.05) is 60.3 Å². The van der Waals surface area contributed by atoms with Gasteiger partial charge in [-0.15, -0.1) is 0 Å². The fraction of sp³-hybridized carbons (Fsp3) is 0.217. The Morgan fingerprint density at radius 2 is 1.66 bits per heavy atom. The number of carbonyl (C=O) groups excluding carboxylic acids is 1. The Morgan fingerprint density at radius 3 is 2.28 bits per heavy atom. The second kappa shape index (κ2) is 8.56. The van der Waals surface area contributed by atoms with E-state index in [4.69, 9.17) is 0 Å². The molecule has 2 aliphatic heterocycles. The fourth-order valence-corrected chi connectivity index (χ4v) is 4.74. The Kier molecular flexibility index (Phi) is 5.70. The SMILES string of the molecule is CC1=C(c2ccccc2)N(c2ccccc2)C(=C(C#N)C(=O)N2CCNCC2)S1. The minimum absolute atomic E-state index is 0.195. The maximum absolute atomic E-state index is 13.2. The lowest BCUT2D eigenvalue weighted by molar-refractivity contribution is -0.127. The number of hydrogen-bond acceptors (Lipinski definition) is 5. The minimum atomic E-state index is -0.195. The van der Waals surface area contributed by atoms with Crippen LogP contribution in [-0.4, -0.2) is 37.0 Å². The van der Waals surface area contributed by atoms with Gasteiger partial charge in [-0.2, -0.15) is 5.26 Å². The second-order valence-corrected chi connectivity index (χ2v) is 8.08. The first-order valence-corrected chi connectivity index (χ1v) is 10.5. The standard InChI is InChI=1S/C23H22N4OS/c1-17-21(18-8-4-2-5-9-18)27(19-10-6-3-7-11-19)23(29-17)20(16-24)22(28)26-14-12-25-13-15-26/h2-11,25H,12-15H2,1H3. The van der Waals surface area contributed by atoms with Gasteiger partial charge in [-0.25, -0.2) is 0 Å². The smallest absolute Gasteiger partial charge is 0.267 e. The number of anilines is 1. The van der Waals surface area contributed by atoms with Gasteiger partial charge in [0, 0.05) is 36.8 Å². The van der Waals surface area contributed by atoms with E-state index in [1.165, 1.54) is 11.8 Å². The highest BCUT2D eigenvalue weighted by Crippen LogP contribution is 2.49. The number of nitriles is 1. The van der Waals surface area contributed by atoms with E-state index in [9.17, 15) is 10.1 Å². The zero-order valence-corrected chi connectivity index (χ0v) is 17.1. The summed E-state index contributed by atoms with van der Waals surface area (Å²) in [6.45, 7) is 4.78. The molecule has 2 aromatic rings. The number of nitrogens with one attached hydrogen (secondary N) is 1. The molecule has 2 heterocycles. The molecule has 4 rings (SSSR count). The molecule has 0 radical (unpaired) electrons. The summed E-state index contributed by atoms with van der Waals surface area (Å²) < 4.78 is 0. The Balaban J connectivity index is 1.83. The van der Waals surface area contributed by atoms with Gasteiger partial charge < -0.3 is 15.1 Å². The van der Waals surface area contributed by atoms with Crippen molar-refractivity contribution in [3.8, 4) is 6.07 Å². The summed E-state index contributed by atoms with van der Waals surface area (Å²) in [5.74, 6) is -0.195. The first-order valence-electron chi connectivity index (χ1n) is 9.64. The van der Waals surface area contributed by atoms with Gasteiger partial charge in [0.05, 0.1) is 5.70 Å². The molecule has 2 aliphatic rings. The summed E-state index contributed by atoms with van der Waals surface area (Å²) in [6.07, 6.45) is 0. The molecule has 6 heteroatoms. The summed E-state index contributed by atoms with van der Waals surface area (Å²) in [4.78, 5) is 18.1. The Labute approximate surface area is 175 Å². The molecule has 1 N–H and O–H groups in total. The van der Waals surface area contributed by atoms with Gasteiger partial charge in [0.2, 0.25) is 0 Å². The normalized spacial score (nSPS) is 18.6. The van der Waals surface area contributed by atoms with Crippen molar-refractivity contribution < 1.29 is 4.79 Å². The lowest BCUT2D eigenvalue weighted by atomic mass is 10.1. The van der Waals surface area contributed by atoms with E-state index in [1.807, 2.05) is 60.4 Å². The average molecular weight is 403 g/mol. The van der Waals surface area contributed by atoms with Crippen LogP contribution in [-0.2, 0) is 4.79 Å². The highest BCUT2D eigenvalue weighted by molar-refractivity contribution is 8.07. The van der Waals surface area contributed by atoms with Crippen LogP contribution in [0.4, 0.5) is 5.69 Å². The van der Waals surface area contributed by atoms with Crippen LogP contribution >= 0.6 is 11.8 Å². The van der Waals surface area contributed by atoms with Crippen molar-refractivity contribution in [2.24, 2.45) is 0 Å². The number of allylic oxidation sites excluding steroid dienone is 1. The van der Waals surface area contributed by atoms with E-state index >= 15 is 0 Å². The van der Waals surface area contributed by atoms with Gasteiger partial charge in [0.1, 0.15) is 16.7 Å². The van der Waals surface area contributed by atoms with Gasteiger partial charge in [-0.3, -0.25) is 4.79 Å². The summed E-state index contributed by atoms with van der Waals surface area (Å²) in [7, 11) is 0. The number of hydrogen-bond donors (Lipinski definition) is 1. The fourth-order valence-electron chi connectivity index (χ4n) is 3.63. The van der Waals surface area contributed by atoms with Crippen molar-refractivity contribution in [1.29, 1.82) is 5.26 Å². The van der Waals surface area contributed by atoms with Crippen molar-refractivity contribution in [3.63, 3.8) is 0 Å². The molecule has 1 amide bonds. The van der Waals surface area contributed by atoms with Crippen LogP contribution < -0.4 is 10.2 Å². The zero-order valence-electron chi connectivity index (χ0n) is 16.3. The third kappa shape index (κ3) is 3.80. The largest absolute Gasteiger partial charge is 0.335 e. The minimum Gasteiger partial charge on any atom is -0.335 e. The maximum atomic E-state index is 13.2. The molecule has 1 saturated heterocycles. The van der Waals surface area contributed by atoms with Crippen molar-refractivity contribution in [2.75, 3.05) is 31.1 Å². The lowest BCUT2D eigenvalue weighted by Crippen LogP contribution is -2.47. The van der Waals surface area contributed by atoms with Crippen molar-refractivity contribution in [3.05, 3.63) is 81.7 Å². The van der Waals surface area contributed by atoms with Crippen LogP contribution in [0.5, 0.6) is 0 Å². The van der Waals surface area contributed by atoms with Crippen molar-refractivity contribution in [2.45, 2.75) is 6.92 Å². The molecule has 0 spiro atoms. The van der Waals surface area contributed by atoms with Gasteiger partial charge in [0.25, 0.3) is 5.91 Å². The van der Waals surface area contributed by atoms with Crippen LogP contribution in [0.2, 0.25) is 0 Å². The topological polar surface area (TPSA) is 59.4 Å². The summed E-state index contributed by atoms with van der Waals surface area (Å²) in [6, 6.07) is 22.2. The van der Waals surface area contributed by atoms with Gasteiger partial charge >= 0.3 is 0 Å². The van der Waals surface area contributed by atoms with E-state index in [-0.39, 0.29) is 11.5 Å². The predicted octanol–water partition coefficient (Wildman–Crippen LogP) is 3.80. The molecule has 0 atom stereocenters. The van der Waals surface area contributed by atoms with Crippen molar-refractivity contribution in [1.82, 2.24) is 10.2 Å². The number of carbonyl (C=O) groups is 1. The van der Waals surface area contributed by atoms with E-state index in [2.05, 4.69) is 23.5 Å². The molecule has 29 heavy (non-hydrogen) atoms. The summed E-state index contributed by atoms with van der Waals surface area (Å²) in [5.41, 5.74) is 3.21. The number of nitrogens with zero attached hydrogens (tertiary/aromatic N) is 3. The van der Waals surface area contributed by atoms with Crippen molar-refractivity contribution >= 4 is 29.1 Å². The van der Waals surface area contributed by atoms with Crippen LogP contribution in [0, 0.1) is 11.3 Å². The first-order chi connectivity index (χ1) is 14.2. The van der Waals surface area contributed by atoms with Gasteiger partial charge in [-0.05, 0) is 24.6 Å². The predicted molar refractivity (Wildman–Crippen MR) is 118 cm³/mol. The number of amides is 1. The zero-order chi connectivity index (χ0) is 20.2. The number of thioether (sulfide) groups is 1. The molecule has 0 unspecified atom stereocenters. The Hall–Kier alpha value is -3.01. The number of benzene rings is 2. The Bertz CT molecular complexity index is 1000. The number of para-hydroxylation sites is 1. The lowest BCUT2D eigenvalue weighted by Gasteiger charge is -2.29. The highest BCUT2D eigenvalue weighted by atomic mass is 32.2. The van der Waals surface area contributed by atoms with E-state index in [0.29, 0.717) is 18.1 Å². The number of rotatable bonds is 3. The molecule has 0 aromatic heterocycles. The van der Waals surface area contributed by atoms with Crippen LogP contribution in [0.3, 0.4) is 0 Å². The first kappa shape index (κ1) is 19.3. The highest BCUT2D eigenvalue weighted by Gasteiger charge is 2.34. The van der Waals surface area contributed by atoms with Crippen LogP contribution in [0.1, 0.15) is 12.5 Å². The molecule has 0 aliphatic carbocycles. The number of piperazine rings is 1. The van der Waals surface area contributed by atoms with Gasteiger partial charge in [0.15, 0.2) is 0 Å². The Morgan fingerprint density at radius 1 is 1.03 bits per heavy atom. The molecule has 2 aromatic carbocycles. The third-order valence-corrected chi connectivity index (χ3v) is 6.09. The average Bonchev–Trinajstić information content (AvgIpc) is 3.12. The molecule has 5 nitrogen and oxygen atoms in total. The summed E-state index contributed by atoms with van der Waals surface area (Å²) in [5, 5.41) is 13.9. The van der Waals surface area contributed by atoms with E-state index in [1.54, 1.807) is 4.90 Å². The van der Waals surface area contributed by atoms with Crippen LogP contribution in [0.15, 0.2) is 76.2 Å². The quantitative estimate of drug-likeness (QED) is 0.625. The molecule has 0 saturated carbocycles. The monoisotopic (exact) mass is 402 g/mol. The molecule has 0 bridgehead atoms. The summed E-state index contributed by atoms with van der Waals surface area (Å²) >= 11 is 1.50.